The van der Waals surface area contributed by atoms with E-state index in [0.717, 1.165) is 11.8 Å². The predicted molar refractivity (Wildman–Crippen MR) is 138 cm³/mol. The highest BCUT2D eigenvalue weighted by atomic mass is 35.5. The summed E-state index contributed by atoms with van der Waals surface area (Å²) in [6, 6.07) is 22.5. The monoisotopic (exact) mass is 527 g/mol. The standard InChI is InChI=1S/C25H16Cl3N3O2S/c26-16-5-4-6-18(13-16)30-23(32)20(14-29)25-31(19-7-2-1-3-8-19)24(33)22(34-25)12-15-11-17(27)9-10-21(15)28/h1-11,13,22H,12H2,(H,30,32). The Hall–Kier alpha value is -2.95. The first-order chi connectivity index (χ1) is 16.4. The number of hydrogen-bond donors (Lipinski definition) is 1. The molecule has 3 aromatic rings. The van der Waals surface area contributed by atoms with Gasteiger partial charge in [0, 0.05) is 26.4 Å². The summed E-state index contributed by atoms with van der Waals surface area (Å²) < 4.78 is 0. The van der Waals surface area contributed by atoms with Gasteiger partial charge in [-0.2, -0.15) is 5.26 Å². The van der Waals surface area contributed by atoms with Crippen LogP contribution in [0, 0.1) is 11.3 Å². The number of rotatable bonds is 5. The maximum absolute atomic E-state index is 13.5. The quantitative estimate of drug-likeness (QED) is 0.295. The zero-order valence-corrected chi connectivity index (χ0v) is 20.6. The molecular weight excluding hydrogens is 513 g/mol. The lowest BCUT2D eigenvalue weighted by atomic mass is 10.1. The third kappa shape index (κ3) is 5.24. The summed E-state index contributed by atoms with van der Waals surface area (Å²) in [6.45, 7) is 0. The van der Waals surface area contributed by atoms with E-state index in [1.165, 1.54) is 4.90 Å². The fourth-order valence-corrected chi connectivity index (χ4v) is 5.33. The van der Waals surface area contributed by atoms with Gasteiger partial charge in [-0.3, -0.25) is 14.5 Å². The molecule has 0 bridgehead atoms. The van der Waals surface area contributed by atoms with E-state index in [4.69, 9.17) is 34.8 Å². The van der Waals surface area contributed by atoms with Crippen LogP contribution in [-0.2, 0) is 16.0 Å². The van der Waals surface area contributed by atoms with E-state index in [0.29, 0.717) is 32.0 Å². The van der Waals surface area contributed by atoms with Crippen LogP contribution < -0.4 is 10.2 Å². The van der Waals surface area contributed by atoms with E-state index in [1.54, 1.807) is 66.7 Å². The minimum atomic E-state index is -0.637. The molecule has 34 heavy (non-hydrogen) atoms. The fourth-order valence-electron chi connectivity index (χ4n) is 3.46. The zero-order chi connectivity index (χ0) is 24.2. The molecule has 1 fully saturated rings. The molecule has 5 nitrogen and oxygen atoms in total. The number of halogens is 3. The van der Waals surface area contributed by atoms with Gasteiger partial charge in [0.05, 0.1) is 5.25 Å². The number of carbonyl (C=O) groups excluding carboxylic acids is 2. The average Bonchev–Trinajstić information content (AvgIpc) is 3.13. The number of hydrogen-bond acceptors (Lipinski definition) is 4. The van der Waals surface area contributed by atoms with Gasteiger partial charge in [0.2, 0.25) is 5.91 Å². The van der Waals surface area contributed by atoms with Crippen LogP contribution in [-0.4, -0.2) is 17.1 Å². The third-order valence-electron chi connectivity index (χ3n) is 5.02. The lowest BCUT2D eigenvalue weighted by molar-refractivity contribution is -0.117. The van der Waals surface area contributed by atoms with Gasteiger partial charge >= 0.3 is 0 Å². The van der Waals surface area contributed by atoms with E-state index in [2.05, 4.69) is 5.32 Å². The number of para-hydroxylation sites is 1. The summed E-state index contributed by atoms with van der Waals surface area (Å²) in [5.74, 6) is -0.895. The van der Waals surface area contributed by atoms with Gasteiger partial charge in [-0.1, -0.05) is 70.8 Å². The molecule has 0 aliphatic carbocycles. The Morgan fingerprint density at radius 1 is 1.00 bits per heavy atom. The highest BCUT2D eigenvalue weighted by Gasteiger charge is 2.41. The molecule has 2 amide bonds. The molecule has 1 heterocycles. The Morgan fingerprint density at radius 2 is 1.74 bits per heavy atom. The zero-order valence-electron chi connectivity index (χ0n) is 17.5. The molecule has 0 saturated carbocycles. The first kappa shape index (κ1) is 24.2. The van der Waals surface area contributed by atoms with Gasteiger partial charge < -0.3 is 5.32 Å². The fraction of sp³-hybridized carbons (Fsp3) is 0.0800. The first-order valence-corrected chi connectivity index (χ1v) is 12.1. The Balaban J connectivity index is 1.73. The van der Waals surface area contributed by atoms with E-state index >= 15 is 0 Å². The lowest BCUT2D eigenvalue weighted by Crippen LogP contribution is -2.30. The first-order valence-electron chi connectivity index (χ1n) is 10.1. The normalized spacial score (nSPS) is 16.8. The molecule has 1 atom stereocenters. The Kier molecular flexibility index (Phi) is 7.50. The summed E-state index contributed by atoms with van der Waals surface area (Å²) in [4.78, 5) is 28.0. The van der Waals surface area contributed by atoms with Crippen LogP contribution in [0.2, 0.25) is 15.1 Å². The van der Waals surface area contributed by atoms with Crippen molar-refractivity contribution in [3.05, 3.63) is 104 Å². The summed E-state index contributed by atoms with van der Waals surface area (Å²) >= 11 is 19.6. The molecule has 1 N–H and O–H groups in total. The largest absolute Gasteiger partial charge is 0.321 e. The topological polar surface area (TPSA) is 73.2 Å². The summed E-state index contributed by atoms with van der Waals surface area (Å²) in [7, 11) is 0. The van der Waals surface area contributed by atoms with Gasteiger partial charge in [0.1, 0.15) is 16.7 Å². The average molecular weight is 529 g/mol. The SMILES string of the molecule is N#CC(C(=O)Nc1cccc(Cl)c1)=C1SC(Cc2cc(Cl)ccc2Cl)C(=O)N1c1ccccc1. The smallest absolute Gasteiger partial charge is 0.269 e. The Bertz CT molecular complexity index is 1340. The number of nitrogens with zero attached hydrogens (tertiary/aromatic N) is 2. The number of anilines is 2. The number of amides is 2. The van der Waals surface area contributed by atoms with Crippen LogP contribution in [0.1, 0.15) is 5.56 Å². The van der Waals surface area contributed by atoms with Crippen LogP contribution in [0.25, 0.3) is 0 Å². The van der Waals surface area contributed by atoms with Crippen molar-refractivity contribution < 1.29 is 9.59 Å². The molecule has 3 aromatic carbocycles. The minimum Gasteiger partial charge on any atom is -0.321 e. The number of thioether (sulfide) groups is 1. The number of carbonyl (C=O) groups is 2. The molecule has 170 valence electrons. The van der Waals surface area contributed by atoms with Gasteiger partial charge in [-0.05, 0) is 60.5 Å². The van der Waals surface area contributed by atoms with Crippen LogP contribution in [0.4, 0.5) is 11.4 Å². The van der Waals surface area contributed by atoms with E-state index in [1.807, 2.05) is 12.1 Å². The number of benzene rings is 3. The van der Waals surface area contributed by atoms with E-state index in [-0.39, 0.29) is 22.9 Å². The summed E-state index contributed by atoms with van der Waals surface area (Å²) in [5, 5.41) is 13.7. The minimum absolute atomic E-state index is 0.179. The molecule has 0 aromatic heterocycles. The van der Waals surface area contributed by atoms with E-state index in [9.17, 15) is 14.9 Å². The van der Waals surface area contributed by atoms with Gasteiger partial charge in [-0.15, -0.1) is 0 Å². The van der Waals surface area contributed by atoms with Crippen LogP contribution in [0.15, 0.2) is 83.4 Å². The molecule has 1 aliphatic heterocycles. The van der Waals surface area contributed by atoms with Crippen LogP contribution in [0.3, 0.4) is 0 Å². The molecular formula is C25H16Cl3N3O2S. The lowest BCUT2D eigenvalue weighted by Gasteiger charge is -2.18. The van der Waals surface area contributed by atoms with Crippen molar-refractivity contribution in [2.75, 3.05) is 10.2 Å². The van der Waals surface area contributed by atoms with Crippen molar-refractivity contribution in [3.63, 3.8) is 0 Å². The van der Waals surface area contributed by atoms with Crippen molar-refractivity contribution in [1.29, 1.82) is 5.26 Å². The molecule has 0 radical (unpaired) electrons. The molecule has 1 unspecified atom stereocenters. The molecule has 9 heteroatoms. The Morgan fingerprint density at radius 3 is 2.44 bits per heavy atom. The van der Waals surface area contributed by atoms with Gasteiger partial charge in [0.25, 0.3) is 5.91 Å². The van der Waals surface area contributed by atoms with Crippen molar-refractivity contribution in [3.8, 4) is 6.07 Å². The van der Waals surface area contributed by atoms with Gasteiger partial charge in [0.15, 0.2) is 0 Å². The molecule has 4 rings (SSSR count). The molecule has 1 saturated heterocycles. The van der Waals surface area contributed by atoms with Crippen molar-refractivity contribution >= 4 is 69.8 Å². The molecule has 1 aliphatic rings. The second kappa shape index (κ2) is 10.5. The van der Waals surface area contributed by atoms with Crippen molar-refractivity contribution in [1.82, 2.24) is 0 Å². The third-order valence-corrected chi connectivity index (χ3v) is 7.12. The van der Waals surface area contributed by atoms with Crippen molar-refractivity contribution in [2.45, 2.75) is 11.7 Å². The van der Waals surface area contributed by atoms with Gasteiger partial charge in [-0.25, -0.2) is 0 Å². The second-order valence-electron chi connectivity index (χ2n) is 7.31. The maximum Gasteiger partial charge on any atom is 0.269 e. The Labute approximate surface area is 215 Å². The highest BCUT2D eigenvalue weighted by Crippen LogP contribution is 2.42. The van der Waals surface area contributed by atoms with E-state index < -0.39 is 11.2 Å². The predicted octanol–water partition coefficient (Wildman–Crippen LogP) is 6.71. The summed E-state index contributed by atoms with van der Waals surface area (Å²) in [6.07, 6.45) is 0.282. The van der Waals surface area contributed by atoms with Crippen LogP contribution in [0.5, 0.6) is 0 Å². The van der Waals surface area contributed by atoms with Crippen molar-refractivity contribution in [2.24, 2.45) is 0 Å². The number of nitriles is 1. The second-order valence-corrected chi connectivity index (χ2v) is 9.78. The molecule has 0 spiro atoms. The summed E-state index contributed by atoms with van der Waals surface area (Å²) in [5.41, 5.74) is 1.52. The highest BCUT2D eigenvalue weighted by molar-refractivity contribution is 8.05. The maximum atomic E-state index is 13.5. The number of nitrogens with one attached hydrogen (secondary N) is 1. The van der Waals surface area contributed by atoms with Crippen LogP contribution >= 0.6 is 46.6 Å².